The molecule has 0 saturated carbocycles. The van der Waals surface area contributed by atoms with E-state index in [1.54, 1.807) is 4.90 Å². The Morgan fingerprint density at radius 2 is 2.00 bits per heavy atom. The second kappa shape index (κ2) is 7.76. The van der Waals surface area contributed by atoms with E-state index in [2.05, 4.69) is 5.32 Å². The van der Waals surface area contributed by atoms with Gasteiger partial charge < -0.3 is 15.3 Å². The molecule has 108 valence electrons. The van der Waals surface area contributed by atoms with Crippen LogP contribution in [0.15, 0.2) is 0 Å². The summed E-state index contributed by atoms with van der Waals surface area (Å²) < 4.78 is 0. The van der Waals surface area contributed by atoms with Crippen LogP contribution >= 0.6 is 0 Å². The Morgan fingerprint density at radius 3 is 2.63 bits per heavy atom. The molecule has 1 fully saturated rings. The van der Waals surface area contributed by atoms with Crippen LogP contribution in [0.3, 0.4) is 0 Å². The maximum Gasteiger partial charge on any atom is 0.305 e. The summed E-state index contributed by atoms with van der Waals surface area (Å²) in [5, 5.41) is 11.1. The molecule has 0 aliphatic carbocycles. The minimum Gasteiger partial charge on any atom is -0.481 e. The van der Waals surface area contributed by atoms with Gasteiger partial charge in [-0.05, 0) is 25.7 Å². The number of aliphatic carboxylic acids is 1. The normalized spacial score (nSPS) is 19.0. The molecule has 1 saturated heterocycles. The summed E-state index contributed by atoms with van der Waals surface area (Å²) in [6.45, 7) is 2.67. The minimum atomic E-state index is -0.942. The van der Waals surface area contributed by atoms with E-state index in [4.69, 9.17) is 5.11 Å². The lowest BCUT2D eigenvalue weighted by Gasteiger charge is -2.34. The van der Waals surface area contributed by atoms with Crippen molar-refractivity contribution in [3.05, 3.63) is 0 Å². The molecule has 0 aromatic rings. The first-order valence-corrected chi connectivity index (χ1v) is 6.85. The number of piperidine rings is 1. The van der Waals surface area contributed by atoms with E-state index < -0.39 is 12.0 Å². The van der Waals surface area contributed by atoms with Crippen molar-refractivity contribution in [2.45, 2.75) is 51.5 Å². The number of nitrogens with one attached hydrogen (secondary N) is 1. The van der Waals surface area contributed by atoms with Gasteiger partial charge in [0.1, 0.15) is 6.04 Å². The number of nitrogens with zero attached hydrogens (tertiary/aromatic N) is 1. The molecule has 0 bridgehead atoms. The molecular formula is C13H22N2O4. The molecule has 0 radical (unpaired) electrons. The first-order valence-electron chi connectivity index (χ1n) is 6.85. The number of carbonyl (C=O) groups is 3. The third-order valence-corrected chi connectivity index (χ3v) is 3.23. The monoisotopic (exact) mass is 270 g/mol. The lowest BCUT2D eigenvalue weighted by molar-refractivity contribution is -0.142. The highest BCUT2D eigenvalue weighted by atomic mass is 16.4. The van der Waals surface area contributed by atoms with Gasteiger partial charge >= 0.3 is 5.97 Å². The SMILES string of the molecule is CCCC(=O)N1CCCCC1C(=O)NCCC(=O)O. The van der Waals surface area contributed by atoms with E-state index in [-0.39, 0.29) is 24.8 Å². The summed E-state index contributed by atoms with van der Waals surface area (Å²) in [7, 11) is 0. The zero-order valence-corrected chi connectivity index (χ0v) is 11.4. The summed E-state index contributed by atoms with van der Waals surface area (Å²) in [5.74, 6) is -1.16. The highest BCUT2D eigenvalue weighted by Gasteiger charge is 2.31. The molecule has 6 nitrogen and oxygen atoms in total. The number of rotatable bonds is 6. The summed E-state index contributed by atoms with van der Waals surface area (Å²) in [5.41, 5.74) is 0. The van der Waals surface area contributed by atoms with Gasteiger partial charge in [-0.1, -0.05) is 6.92 Å². The Balaban J connectivity index is 2.53. The first kappa shape index (κ1) is 15.5. The Labute approximate surface area is 113 Å². The van der Waals surface area contributed by atoms with Crippen LogP contribution in [0.5, 0.6) is 0 Å². The lowest BCUT2D eigenvalue weighted by Crippen LogP contribution is -2.52. The van der Waals surface area contributed by atoms with Crippen molar-refractivity contribution >= 4 is 17.8 Å². The Hall–Kier alpha value is -1.59. The van der Waals surface area contributed by atoms with Gasteiger partial charge in [0.25, 0.3) is 0 Å². The predicted octanol–water partition coefficient (Wildman–Crippen LogP) is 0.758. The average Bonchev–Trinajstić information content (AvgIpc) is 2.38. The van der Waals surface area contributed by atoms with Gasteiger partial charge in [0.05, 0.1) is 6.42 Å². The summed E-state index contributed by atoms with van der Waals surface area (Å²) in [6.07, 6.45) is 3.64. The fourth-order valence-corrected chi connectivity index (χ4v) is 2.27. The molecule has 19 heavy (non-hydrogen) atoms. The molecule has 0 spiro atoms. The molecule has 6 heteroatoms. The molecule has 1 atom stereocenters. The molecule has 1 aliphatic rings. The van der Waals surface area contributed by atoms with E-state index in [0.29, 0.717) is 19.4 Å². The van der Waals surface area contributed by atoms with Crippen LogP contribution in [-0.2, 0) is 14.4 Å². The summed E-state index contributed by atoms with van der Waals surface area (Å²) in [6, 6.07) is -0.429. The van der Waals surface area contributed by atoms with E-state index >= 15 is 0 Å². The summed E-state index contributed by atoms with van der Waals surface area (Å²) >= 11 is 0. The van der Waals surface area contributed by atoms with Crippen molar-refractivity contribution in [2.24, 2.45) is 0 Å². The lowest BCUT2D eigenvalue weighted by atomic mass is 10.0. The van der Waals surface area contributed by atoms with E-state index in [9.17, 15) is 14.4 Å². The zero-order chi connectivity index (χ0) is 14.3. The van der Waals surface area contributed by atoms with Gasteiger partial charge in [0.15, 0.2) is 0 Å². The van der Waals surface area contributed by atoms with Crippen LogP contribution < -0.4 is 5.32 Å². The van der Waals surface area contributed by atoms with Crippen LogP contribution in [-0.4, -0.2) is 46.9 Å². The fraction of sp³-hybridized carbons (Fsp3) is 0.769. The number of hydrogen-bond donors (Lipinski definition) is 2. The van der Waals surface area contributed by atoms with Crippen molar-refractivity contribution in [3.8, 4) is 0 Å². The molecule has 1 heterocycles. The number of amides is 2. The second-order valence-corrected chi connectivity index (χ2v) is 4.78. The minimum absolute atomic E-state index is 0.0144. The molecular weight excluding hydrogens is 248 g/mol. The first-order chi connectivity index (χ1) is 9.06. The van der Waals surface area contributed by atoms with Crippen LogP contribution in [0.1, 0.15) is 45.4 Å². The fourth-order valence-electron chi connectivity index (χ4n) is 2.27. The number of hydrogen-bond acceptors (Lipinski definition) is 3. The highest BCUT2D eigenvalue weighted by molar-refractivity contribution is 5.88. The smallest absolute Gasteiger partial charge is 0.305 e. The molecule has 0 aromatic carbocycles. The van der Waals surface area contributed by atoms with Crippen LogP contribution in [0.25, 0.3) is 0 Å². The number of carbonyl (C=O) groups excluding carboxylic acids is 2. The van der Waals surface area contributed by atoms with Gasteiger partial charge in [-0.15, -0.1) is 0 Å². The molecule has 1 rings (SSSR count). The topological polar surface area (TPSA) is 86.7 Å². The molecule has 2 N–H and O–H groups in total. The third kappa shape index (κ3) is 4.89. The van der Waals surface area contributed by atoms with Crippen LogP contribution in [0, 0.1) is 0 Å². The molecule has 1 aliphatic heterocycles. The standard InChI is InChI=1S/C13H22N2O4/c1-2-5-11(16)15-9-4-3-6-10(15)13(19)14-8-7-12(17)18/h10H,2-9H2,1H3,(H,14,19)(H,17,18). The predicted molar refractivity (Wildman–Crippen MR) is 69.5 cm³/mol. The quantitative estimate of drug-likeness (QED) is 0.746. The Kier molecular flexibility index (Phi) is 6.32. The molecule has 2 amide bonds. The van der Waals surface area contributed by atoms with Crippen molar-refractivity contribution in [1.29, 1.82) is 0 Å². The summed E-state index contributed by atoms with van der Waals surface area (Å²) in [4.78, 5) is 36.0. The zero-order valence-electron chi connectivity index (χ0n) is 11.4. The molecule has 0 aromatic heterocycles. The molecule has 1 unspecified atom stereocenters. The van der Waals surface area contributed by atoms with Crippen molar-refractivity contribution in [1.82, 2.24) is 10.2 Å². The third-order valence-electron chi connectivity index (χ3n) is 3.23. The number of likely N-dealkylation sites (tertiary alicyclic amines) is 1. The van der Waals surface area contributed by atoms with Crippen LogP contribution in [0.4, 0.5) is 0 Å². The highest BCUT2D eigenvalue weighted by Crippen LogP contribution is 2.18. The largest absolute Gasteiger partial charge is 0.481 e. The second-order valence-electron chi connectivity index (χ2n) is 4.78. The van der Waals surface area contributed by atoms with Gasteiger partial charge in [0.2, 0.25) is 11.8 Å². The van der Waals surface area contributed by atoms with E-state index in [0.717, 1.165) is 19.3 Å². The maximum absolute atomic E-state index is 12.0. The Morgan fingerprint density at radius 1 is 1.26 bits per heavy atom. The van der Waals surface area contributed by atoms with Crippen molar-refractivity contribution in [2.75, 3.05) is 13.1 Å². The van der Waals surface area contributed by atoms with Gasteiger partial charge in [0, 0.05) is 19.5 Å². The maximum atomic E-state index is 12.0. The van der Waals surface area contributed by atoms with Crippen LogP contribution in [0.2, 0.25) is 0 Å². The number of carboxylic acids is 1. The number of carboxylic acid groups (broad SMARTS) is 1. The van der Waals surface area contributed by atoms with Crippen molar-refractivity contribution in [3.63, 3.8) is 0 Å². The average molecular weight is 270 g/mol. The van der Waals surface area contributed by atoms with E-state index in [1.165, 1.54) is 0 Å². The van der Waals surface area contributed by atoms with Crippen molar-refractivity contribution < 1.29 is 19.5 Å². The van der Waals surface area contributed by atoms with E-state index in [1.807, 2.05) is 6.92 Å². The Bertz CT molecular complexity index is 344. The van der Waals surface area contributed by atoms with Gasteiger partial charge in [-0.3, -0.25) is 14.4 Å². The van der Waals surface area contributed by atoms with Gasteiger partial charge in [-0.25, -0.2) is 0 Å². The van der Waals surface area contributed by atoms with Gasteiger partial charge in [-0.2, -0.15) is 0 Å².